The van der Waals surface area contributed by atoms with Crippen LogP contribution in [0, 0.1) is 27.7 Å². The SMILES string of the molecule is COc1c(C)ccc(NC(=O)c2cccc(C(=O)Nc3ccc(C)c(OC)c3C)c2)c1C. The smallest absolute Gasteiger partial charge is 0.255 e. The van der Waals surface area contributed by atoms with Crippen LogP contribution in [0.25, 0.3) is 0 Å². The number of aryl methyl sites for hydroxylation is 2. The fourth-order valence-electron chi connectivity index (χ4n) is 3.74. The molecule has 0 aliphatic carbocycles. The summed E-state index contributed by atoms with van der Waals surface area (Å²) < 4.78 is 10.9. The molecule has 6 heteroatoms. The number of rotatable bonds is 6. The van der Waals surface area contributed by atoms with Crippen LogP contribution in [0.3, 0.4) is 0 Å². The lowest BCUT2D eigenvalue weighted by Gasteiger charge is -2.15. The van der Waals surface area contributed by atoms with Crippen molar-refractivity contribution in [3.8, 4) is 11.5 Å². The van der Waals surface area contributed by atoms with Gasteiger partial charge in [0.2, 0.25) is 0 Å². The molecule has 0 spiro atoms. The van der Waals surface area contributed by atoms with E-state index in [4.69, 9.17) is 9.47 Å². The van der Waals surface area contributed by atoms with Crippen molar-refractivity contribution < 1.29 is 19.1 Å². The van der Waals surface area contributed by atoms with Gasteiger partial charge in [-0.15, -0.1) is 0 Å². The monoisotopic (exact) mass is 432 g/mol. The molecule has 32 heavy (non-hydrogen) atoms. The van der Waals surface area contributed by atoms with Crippen LogP contribution >= 0.6 is 0 Å². The first kappa shape index (κ1) is 22.9. The summed E-state index contributed by atoms with van der Waals surface area (Å²) in [5.41, 5.74) is 5.76. The van der Waals surface area contributed by atoms with Crippen molar-refractivity contribution in [3.05, 3.63) is 81.9 Å². The van der Waals surface area contributed by atoms with Gasteiger partial charge in [-0.1, -0.05) is 18.2 Å². The van der Waals surface area contributed by atoms with Crippen LogP contribution in [0.2, 0.25) is 0 Å². The van der Waals surface area contributed by atoms with Crippen LogP contribution in [0.4, 0.5) is 11.4 Å². The molecule has 0 saturated heterocycles. The normalized spacial score (nSPS) is 10.4. The average Bonchev–Trinajstić information content (AvgIpc) is 2.78. The second-order valence-electron chi connectivity index (χ2n) is 7.67. The third kappa shape index (κ3) is 4.59. The van der Waals surface area contributed by atoms with Gasteiger partial charge in [0.25, 0.3) is 11.8 Å². The predicted octanol–water partition coefficient (Wildman–Crippen LogP) is 5.44. The van der Waals surface area contributed by atoms with E-state index in [-0.39, 0.29) is 11.8 Å². The number of carbonyl (C=O) groups excluding carboxylic acids is 2. The molecule has 6 nitrogen and oxygen atoms in total. The maximum Gasteiger partial charge on any atom is 0.255 e. The lowest BCUT2D eigenvalue weighted by Crippen LogP contribution is -2.16. The zero-order chi connectivity index (χ0) is 23.4. The third-order valence-corrected chi connectivity index (χ3v) is 5.50. The van der Waals surface area contributed by atoms with Crippen molar-refractivity contribution in [2.75, 3.05) is 24.9 Å². The summed E-state index contributed by atoms with van der Waals surface area (Å²) in [6.07, 6.45) is 0. The van der Waals surface area contributed by atoms with Crippen molar-refractivity contribution in [1.29, 1.82) is 0 Å². The van der Waals surface area contributed by atoms with E-state index in [2.05, 4.69) is 10.6 Å². The van der Waals surface area contributed by atoms with E-state index in [1.807, 2.05) is 52.0 Å². The Labute approximate surface area is 188 Å². The van der Waals surface area contributed by atoms with Crippen molar-refractivity contribution in [1.82, 2.24) is 0 Å². The van der Waals surface area contributed by atoms with Crippen LogP contribution in [-0.2, 0) is 0 Å². The van der Waals surface area contributed by atoms with E-state index in [1.165, 1.54) is 0 Å². The van der Waals surface area contributed by atoms with Crippen molar-refractivity contribution in [2.45, 2.75) is 27.7 Å². The molecule has 2 N–H and O–H groups in total. The Hall–Kier alpha value is -3.80. The van der Waals surface area contributed by atoms with E-state index in [0.717, 1.165) is 33.8 Å². The van der Waals surface area contributed by atoms with E-state index in [1.54, 1.807) is 38.5 Å². The number of carbonyl (C=O) groups is 2. The van der Waals surface area contributed by atoms with Crippen molar-refractivity contribution in [2.24, 2.45) is 0 Å². The summed E-state index contributed by atoms with van der Waals surface area (Å²) >= 11 is 0. The fraction of sp³-hybridized carbons (Fsp3) is 0.231. The number of amides is 2. The van der Waals surface area contributed by atoms with E-state index in [0.29, 0.717) is 22.5 Å². The van der Waals surface area contributed by atoms with Gasteiger partial charge in [0, 0.05) is 33.6 Å². The average molecular weight is 433 g/mol. The molecular weight excluding hydrogens is 404 g/mol. The Kier molecular flexibility index (Phi) is 6.83. The van der Waals surface area contributed by atoms with Gasteiger partial charge < -0.3 is 20.1 Å². The number of nitrogens with one attached hydrogen (secondary N) is 2. The molecule has 0 aliphatic rings. The Bertz CT molecular complexity index is 1100. The Morgan fingerprint density at radius 2 is 1.06 bits per heavy atom. The summed E-state index contributed by atoms with van der Waals surface area (Å²) in [4.78, 5) is 25.7. The highest BCUT2D eigenvalue weighted by Gasteiger charge is 2.15. The standard InChI is InChI=1S/C26H28N2O4/c1-15-10-12-21(17(3)23(15)31-5)27-25(29)19-8-7-9-20(14-19)26(30)28-22-13-11-16(2)24(32-6)18(22)4/h7-14H,1-6H3,(H,27,29)(H,28,30). The molecule has 0 aliphatic heterocycles. The highest BCUT2D eigenvalue weighted by Crippen LogP contribution is 2.30. The maximum atomic E-state index is 12.9. The molecule has 0 aromatic heterocycles. The molecule has 0 unspecified atom stereocenters. The highest BCUT2D eigenvalue weighted by atomic mass is 16.5. The fourth-order valence-corrected chi connectivity index (χ4v) is 3.74. The van der Waals surface area contributed by atoms with Gasteiger partial charge in [-0.25, -0.2) is 0 Å². The molecule has 3 aromatic carbocycles. The zero-order valence-corrected chi connectivity index (χ0v) is 19.3. The van der Waals surface area contributed by atoms with Crippen LogP contribution < -0.4 is 20.1 Å². The Morgan fingerprint density at radius 1 is 0.656 bits per heavy atom. The molecule has 2 amide bonds. The van der Waals surface area contributed by atoms with Gasteiger partial charge >= 0.3 is 0 Å². The summed E-state index contributed by atoms with van der Waals surface area (Å²) in [6.45, 7) is 7.68. The number of ether oxygens (including phenoxy) is 2. The minimum Gasteiger partial charge on any atom is -0.496 e. The van der Waals surface area contributed by atoms with Crippen LogP contribution in [0.5, 0.6) is 11.5 Å². The maximum absolute atomic E-state index is 12.9. The number of methoxy groups -OCH3 is 2. The van der Waals surface area contributed by atoms with E-state index >= 15 is 0 Å². The van der Waals surface area contributed by atoms with Gasteiger partial charge in [0.15, 0.2) is 0 Å². The van der Waals surface area contributed by atoms with Crippen molar-refractivity contribution >= 4 is 23.2 Å². The molecular formula is C26H28N2O4. The Balaban J connectivity index is 1.81. The molecule has 0 heterocycles. The molecule has 3 rings (SSSR count). The minimum absolute atomic E-state index is 0.304. The number of hydrogen-bond acceptors (Lipinski definition) is 4. The summed E-state index contributed by atoms with van der Waals surface area (Å²) in [5, 5.41) is 5.82. The first-order valence-electron chi connectivity index (χ1n) is 10.3. The number of hydrogen-bond donors (Lipinski definition) is 2. The van der Waals surface area contributed by atoms with Crippen LogP contribution in [0.15, 0.2) is 48.5 Å². The first-order valence-corrected chi connectivity index (χ1v) is 10.3. The summed E-state index contributed by atoms with van der Waals surface area (Å²) in [5.74, 6) is 0.864. The second-order valence-corrected chi connectivity index (χ2v) is 7.67. The molecule has 0 saturated carbocycles. The van der Waals surface area contributed by atoms with Gasteiger partial charge in [-0.05, 0) is 69.2 Å². The predicted molar refractivity (Wildman–Crippen MR) is 127 cm³/mol. The quantitative estimate of drug-likeness (QED) is 0.544. The van der Waals surface area contributed by atoms with Gasteiger partial charge in [0.1, 0.15) is 11.5 Å². The highest BCUT2D eigenvalue weighted by molar-refractivity contribution is 6.09. The van der Waals surface area contributed by atoms with E-state index < -0.39 is 0 Å². The minimum atomic E-state index is -0.304. The van der Waals surface area contributed by atoms with E-state index in [9.17, 15) is 9.59 Å². The summed E-state index contributed by atoms with van der Waals surface area (Å²) in [6, 6.07) is 14.1. The number of benzene rings is 3. The van der Waals surface area contributed by atoms with Gasteiger partial charge in [0.05, 0.1) is 14.2 Å². The van der Waals surface area contributed by atoms with Gasteiger partial charge in [-0.3, -0.25) is 9.59 Å². The molecule has 3 aromatic rings. The van der Waals surface area contributed by atoms with Crippen LogP contribution in [0.1, 0.15) is 43.0 Å². The van der Waals surface area contributed by atoms with Crippen molar-refractivity contribution in [3.63, 3.8) is 0 Å². The van der Waals surface area contributed by atoms with Crippen LogP contribution in [-0.4, -0.2) is 26.0 Å². The third-order valence-electron chi connectivity index (χ3n) is 5.50. The summed E-state index contributed by atoms with van der Waals surface area (Å²) in [7, 11) is 3.21. The zero-order valence-electron chi connectivity index (χ0n) is 19.3. The molecule has 0 bridgehead atoms. The second kappa shape index (κ2) is 9.56. The largest absolute Gasteiger partial charge is 0.496 e. The van der Waals surface area contributed by atoms with Gasteiger partial charge in [-0.2, -0.15) is 0 Å². The molecule has 0 radical (unpaired) electrons. The Morgan fingerprint density at radius 3 is 1.44 bits per heavy atom. The lowest BCUT2D eigenvalue weighted by molar-refractivity contribution is 0.102. The molecule has 0 atom stereocenters. The number of anilines is 2. The molecule has 166 valence electrons. The molecule has 0 fully saturated rings. The topological polar surface area (TPSA) is 76.7 Å². The lowest BCUT2D eigenvalue weighted by atomic mass is 10.1. The first-order chi connectivity index (χ1) is 15.3.